The van der Waals surface area contributed by atoms with E-state index in [9.17, 15) is 19.2 Å². The number of imide groups is 1. The minimum absolute atomic E-state index is 0.0702. The number of carbonyl (C=O) groups is 4. The van der Waals surface area contributed by atoms with Crippen LogP contribution in [0.1, 0.15) is 40.0 Å². The Morgan fingerprint density at radius 3 is 2.23 bits per heavy atom. The Morgan fingerprint density at radius 2 is 1.69 bits per heavy atom. The summed E-state index contributed by atoms with van der Waals surface area (Å²) in [5, 5.41) is 11.3. The first-order valence-corrected chi connectivity index (χ1v) is 8.40. The Bertz CT molecular complexity index is 771. The average molecular weight is 354 g/mol. The first-order chi connectivity index (χ1) is 12.5. The van der Waals surface area contributed by atoms with Crippen LogP contribution < -0.4 is 5.32 Å². The molecule has 2 aliphatic heterocycles. The Balaban J connectivity index is 1.54. The Labute approximate surface area is 150 Å². The summed E-state index contributed by atoms with van der Waals surface area (Å²) < 4.78 is 0. The number of hydrogen-bond acceptors (Lipinski definition) is 5. The van der Waals surface area contributed by atoms with Crippen LogP contribution in [-0.2, 0) is 9.59 Å². The van der Waals surface area contributed by atoms with E-state index < -0.39 is 11.8 Å². The van der Waals surface area contributed by atoms with Crippen molar-refractivity contribution in [2.45, 2.75) is 25.3 Å². The molecule has 0 unspecified atom stereocenters. The van der Waals surface area contributed by atoms with Gasteiger partial charge in [0.05, 0.1) is 17.2 Å². The lowest BCUT2D eigenvalue weighted by atomic mass is 10.0. The van der Waals surface area contributed by atoms with E-state index in [1.807, 2.05) is 0 Å². The highest BCUT2D eigenvalue weighted by Crippen LogP contribution is 2.22. The van der Waals surface area contributed by atoms with Crippen molar-refractivity contribution >= 4 is 23.6 Å². The van der Waals surface area contributed by atoms with E-state index in [0.29, 0.717) is 37.1 Å². The summed E-state index contributed by atoms with van der Waals surface area (Å²) >= 11 is 0. The molecule has 0 spiro atoms. The second-order valence-electron chi connectivity index (χ2n) is 6.30. The molecule has 1 N–H and O–H groups in total. The van der Waals surface area contributed by atoms with Crippen LogP contribution in [0.5, 0.6) is 0 Å². The monoisotopic (exact) mass is 354 g/mol. The summed E-state index contributed by atoms with van der Waals surface area (Å²) in [7, 11) is 0. The lowest BCUT2D eigenvalue weighted by Gasteiger charge is -2.33. The number of fused-ring (bicyclic) bond motifs is 1. The largest absolute Gasteiger partial charge is 0.352 e. The molecule has 8 heteroatoms. The number of nitriles is 1. The van der Waals surface area contributed by atoms with Gasteiger partial charge < -0.3 is 10.2 Å². The van der Waals surface area contributed by atoms with Gasteiger partial charge in [0.25, 0.3) is 11.8 Å². The number of likely N-dealkylation sites (tertiary alicyclic amines) is 1. The van der Waals surface area contributed by atoms with E-state index in [0.717, 1.165) is 4.90 Å². The van der Waals surface area contributed by atoms with Gasteiger partial charge in [0.1, 0.15) is 13.0 Å². The van der Waals surface area contributed by atoms with Gasteiger partial charge in [-0.3, -0.25) is 24.1 Å². The van der Waals surface area contributed by atoms with Gasteiger partial charge in [-0.15, -0.1) is 0 Å². The number of amides is 4. The summed E-state index contributed by atoms with van der Waals surface area (Å²) in [5.41, 5.74) is 0.647. The molecule has 8 nitrogen and oxygen atoms in total. The van der Waals surface area contributed by atoms with Crippen LogP contribution in [0.15, 0.2) is 24.3 Å². The van der Waals surface area contributed by atoms with Crippen molar-refractivity contribution in [3.63, 3.8) is 0 Å². The molecule has 1 fully saturated rings. The molecule has 1 saturated heterocycles. The number of rotatable bonds is 4. The standard InChI is InChI=1S/C18H18N4O4/c19-8-5-15(23)20-12-6-9-21(10-7-12)16(24)11-22-17(25)13-3-1-2-4-14(13)18(22)26/h1-4,12H,5-7,9-11H2,(H,20,23). The number of carbonyl (C=O) groups excluding carboxylic acids is 4. The molecule has 4 amide bonds. The van der Waals surface area contributed by atoms with E-state index in [-0.39, 0.29) is 30.8 Å². The first kappa shape index (κ1) is 17.6. The van der Waals surface area contributed by atoms with E-state index in [1.54, 1.807) is 35.2 Å². The predicted molar refractivity (Wildman–Crippen MR) is 89.8 cm³/mol. The fourth-order valence-electron chi connectivity index (χ4n) is 3.24. The number of hydrogen-bond donors (Lipinski definition) is 1. The minimum Gasteiger partial charge on any atom is -0.352 e. The normalized spacial score (nSPS) is 17.0. The van der Waals surface area contributed by atoms with Crippen molar-refractivity contribution in [2.75, 3.05) is 19.6 Å². The fourth-order valence-corrected chi connectivity index (χ4v) is 3.24. The van der Waals surface area contributed by atoms with Crippen LogP contribution in [-0.4, -0.2) is 59.1 Å². The fraction of sp³-hybridized carbons (Fsp3) is 0.389. The van der Waals surface area contributed by atoms with Crippen molar-refractivity contribution in [1.82, 2.24) is 15.1 Å². The second kappa shape index (κ2) is 7.35. The maximum Gasteiger partial charge on any atom is 0.262 e. The van der Waals surface area contributed by atoms with Crippen molar-refractivity contribution < 1.29 is 19.2 Å². The highest BCUT2D eigenvalue weighted by molar-refractivity contribution is 6.22. The SMILES string of the molecule is N#CCC(=O)NC1CCN(C(=O)CN2C(=O)c3ccccc3C2=O)CC1. The van der Waals surface area contributed by atoms with Crippen molar-refractivity contribution in [1.29, 1.82) is 5.26 Å². The number of piperidine rings is 1. The summed E-state index contributed by atoms with van der Waals surface area (Å²) in [6.45, 7) is 0.580. The van der Waals surface area contributed by atoms with Gasteiger partial charge in [-0.1, -0.05) is 12.1 Å². The molecule has 1 aromatic carbocycles. The van der Waals surface area contributed by atoms with Gasteiger partial charge in [0.15, 0.2) is 0 Å². The number of nitrogens with zero attached hydrogens (tertiary/aromatic N) is 3. The smallest absolute Gasteiger partial charge is 0.262 e. The Hall–Kier alpha value is -3.21. The van der Waals surface area contributed by atoms with E-state index in [4.69, 9.17) is 5.26 Å². The van der Waals surface area contributed by atoms with Gasteiger partial charge in [0, 0.05) is 19.1 Å². The molecule has 0 aromatic heterocycles. The van der Waals surface area contributed by atoms with E-state index in [2.05, 4.69) is 5.32 Å². The molecule has 0 aliphatic carbocycles. The van der Waals surface area contributed by atoms with Crippen molar-refractivity contribution in [3.8, 4) is 6.07 Å². The van der Waals surface area contributed by atoms with Crippen molar-refractivity contribution in [3.05, 3.63) is 35.4 Å². The molecular formula is C18H18N4O4. The lowest BCUT2D eigenvalue weighted by Crippen LogP contribution is -2.49. The van der Waals surface area contributed by atoms with Crippen molar-refractivity contribution in [2.24, 2.45) is 0 Å². The topological polar surface area (TPSA) is 111 Å². The first-order valence-electron chi connectivity index (χ1n) is 8.40. The highest BCUT2D eigenvalue weighted by Gasteiger charge is 2.37. The molecular weight excluding hydrogens is 336 g/mol. The van der Waals surface area contributed by atoms with Crippen LogP contribution in [0.25, 0.3) is 0 Å². The quantitative estimate of drug-likeness (QED) is 0.782. The number of benzene rings is 1. The highest BCUT2D eigenvalue weighted by atomic mass is 16.2. The molecule has 0 bridgehead atoms. The molecule has 0 atom stereocenters. The third-order valence-electron chi connectivity index (χ3n) is 4.62. The zero-order valence-electron chi connectivity index (χ0n) is 14.1. The van der Waals surface area contributed by atoms with Crippen LogP contribution in [0.3, 0.4) is 0 Å². The molecule has 26 heavy (non-hydrogen) atoms. The maximum absolute atomic E-state index is 12.5. The van der Waals surface area contributed by atoms with E-state index >= 15 is 0 Å². The van der Waals surface area contributed by atoms with Gasteiger partial charge in [0.2, 0.25) is 11.8 Å². The Kier molecular flexibility index (Phi) is 4.98. The average Bonchev–Trinajstić information content (AvgIpc) is 2.88. The van der Waals surface area contributed by atoms with Gasteiger partial charge >= 0.3 is 0 Å². The third kappa shape index (κ3) is 3.42. The van der Waals surface area contributed by atoms with E-state index in [1.165, 1.54) is 0 Å². The van der Waals surface area contributed by atoms with Crippen LogP contribution in [0.2, 0.25) is 0 Å². The molecule has 134 valence electrons. The maximum atomic E-state index is 12.5. The van der Waals surface area contributed by atoms with Crippen LogP contribution in [0, 0.1) is 11.3 Å². The molecule has 0 radical (unpaired) electrons. The van der Waals surface area contributed by atoms with Crippen LogP contribution in [0.4, 0.5) is 0 Å². The van der Waals surface area contributed by atoms with Crippen LogP contribution >= 0.6 is 0 Å². The second-order valence-corrected chi connectivity index (χ2v) is 6.30. The molecule has 1 aromatic rings. The van der Waals surface area contributed by atoms with Gasteiger partial charge in [-0.05, 0) is 25.0 Å². The molecule has 0 saturated carbocycles. The zero-order valence-corrected chi connectivity index (χ0v) is 14.1. The molecule has 2 heterocycles. The summed E-state index contributed by atoms with van der Waals surface area (Å²) in [6, 6.07) is 8.24. The predicted octanol–water partition coefficient (Wildman–Crippen LogP) is 0.303. The van der Waals surface area contributed by atoms with Gasteiger partial charge in [-0.2, -0.15) is 5.26 Å². The minimum atomic E-state index is -0.447. The summed E-state index contributed by atoms with van der Waals surface area (Å²) in [6.07, 6.45) is 0.967. The number of nitrogens with one attached hydrogen (secondary N) is 1. The summed E-state index contributed by atoms with van der Waals surface area (Å²) in [4.78, 5) is 51.1. The Morgan fingerprint density at radius 1 is 1.12 bits per heavy atom. The molecule has 2 aliphatic rings. The van der Waals surface area contributed by atoms with Gasteiger partial charge in [-0.25, -0.2) is 0 Å². The zero-order chi connectivity index (χ0) is 18.7. The summed E-state index contributed by atoms with van der Waals surface area (Å²) in [5.74, 6) is -1.50. The third-order valence-corrected chi connectivity index (χ3v) is 4.62. The lowest BCUT2D eigenvalue weighted by molar-refractivity contribution is -0.132. The molecule has 3 rings (SSSR count).